The Bertz CT molecular complexity index is 412. The topological polar surface area (TPSA) is 69.8 Å². The molecular formula is C18H33N3O2. The van der Waals surface area contributed by atoms with Crippen LogP contribution in [-0.2, 0) is 4.79 Å². The lowest BCUT2D eigenvalue weighted by Crippen LogP contribution is -2.53. The molecule has 2 saturated heterocycles. The zero-order valence-electron chi connectivity index (χ0n) is 14.5. The van der Waals surface area contributed by atoms with Crippen molar-refractivity contribution in [3.8, 4) is 0 Å². The second kappa shape index (κ2) is 7.08. The smallest absolute Gasteiger partial charge is 0.234 e. The average molecular weight is 323 g/mol. The maximum atomic E-state index is 11.6. The molecule has 0 aromatic rings. The molecule has 1 saturated carbocycles. The summed E-state index contributed by atoms with van der Waals surface area (Å²) in [5.74, 6) is 0.609. The molecule has 0 aromatic heterocycles. The van der Waals surface area contributed by atoms with Crippen LogP contribution in [0.2, 0.25) is 0 Å². The van der Waals surface area contributed by atoms with Crippen LogP contribution in [0.4, 0.5) is 0 Å². The van der Waals surface area contributed by atoms with Gasteiger partial charge in [0.05, 0.1) is 11.6 Å². The van der Waals surface area contributed by atoms with Crippen LogP contribution < -0.4 is 5.73 Å². The molecule has 2 heterocycles. The minimum absolute atomic E-state index is 0.0458. The van der Waals surface area contributed by atoms with Gasteiger partial charge in [0.1, 0.15) is 0 Å². The minimum Gasteiger partial charge on any atom is -0.389 e. The van der Waals surface area contributed by atoms with Gasteiger partial charge >= 0.3 is 0 Å². The van der Waals surface area contributed by atoms with Gasteiger partial charge in [0.15, 0.2) is 0 Å². The van der Waals surface area contributed by atoms with Crippen LogP contribution in [-0.4, -0.2) is 64.7 Å². The number of aliphatic hydroxyl groups is 1. The number of piperidine rings is 1. The maximum absolute atomic E-state index is 11.6. The second-order valence-corrected chi connectivity index (χ2v) is 8.21. The molecule has 3 fully saturated rings. The maximum Gasteiger partial charge on any atom is 0.234 e. The Kier molecular flexibility index (Phi) is 5.29. The third kappa shape index (κ3) is 4.06. The van der Waals surface area contributed by atoms with Crippen LogP contribution in [0.3, 0.4) is 0 Å². The normalized spacial score (nSPS) is 38.0. The Morgan fingerprint density at radius 2 is 1.78 bits per heavy atom. The van der Waals surface area contributed by atoms with Gasteiger partial charge in [-0.2, -0.15) is 0 Å². The largest absolute Gasteiger partial charge is 0.389 e. The van der Waals surface area contributed by atoms with Gasteiger partial charge in [-0.05, 0) is 76.9 Å². The molecule has 1 unspecified atom stereocenters. The van der Waals surface area contributed by atoms with E-state index in [1.54, 1.807) is 0 Å². The van der Waals surface area contributed by atoms with Crippen molar-refractivity contribution in [2.24, 2.45) is 11.7 Å². The summed E-state index contributed by atoms with van der Waals surface area (Å²) >= 11 is 0. The molecule has 23 heavy (non-hydrogen) atoms. The monoisotopic (exact) mass is 323 g/mol. The van der Waals surface area contributed by atoms with Crippen molar-refractivity contribution >= 4 is 5.91 Å². The van der Waals surface area contributed by atoms with Gasteiger partial charge in [-0.3, -0.25) is 9.69 Å². The predicted octanol–water partition coefficient (Wildman–Crippen LogP) is 1.34. The third-order valence-corrected chi connectivity index (χ3v) is 6.37. The lowest BCUT2D eigenvalue weighted by molar-refractivity contribution is -0.123. The summed E-state index contributed by atoms with van der Waals surface area (Å²) in [5.41, 5.74) is 5.08. The number of carbonyl (C=O) groups excluding carboxylic acids is 1. The summed E-state index contributed by atoms with van der Waals surface area (Å²) in [5, 5.41) is 10.8. The third-order valence-electron chi connectivity index (χ3n) is 6.37. The number of likely N-dealkylation sites (tertiary alicyclic amines) is 2. The fourth-order valence-corrected chi connectivity index (χ4v) is 4.81. The van der Waals surface area contributed by atoms with E-state index in [1.165, 1.54) is 0 Å². The zero-order chi connectivity index (χ0) is 16.4. The molecule has 3 rings (SSSR count). The molecule has 1 aliphatic carbocycles. The van der Waals surface area contributed by atoms with E-state index in [0.29, 0.717) is 6.04 Å². The highest BCUT2D eigenvalue weighted by Crippen LogP contribution is 2.33. The van der Waals surface area contributed by atoms with Crippen molar-refractivity contribution in [2.45, 2.75) is 76.0 Å². The highest BCUT2D eigenvalue weighted by molar-refractivity contribution is 5.80. The first-order valence-corrected chi connectivity index (χ1v) is 9.47. The Morgan fingerprint density at radius 3 is 2.39 bits per heavy atom. The summed E-state index contributed by atoms with van der Waals surface area (Å²) in [4.78, 5) is 16.4. The molecule has 1 atom stereocenters. The van der Waals surface area contributed by atoms with Gasteiger partial charge in [0.2, 0.25) is 5.91 Å². The van der Waals surface area contributed by atoms with Crippen molar-refractivity contribution in [2.75, 3.05) is 26.2 Å². The van der Waals surface area contributed by atoms with Crippen molar-refractivity contribution < 1.29 is 9.90 Å². The molecule has 3 N–H and O–H groups in total. The number of nitrogens with zero attached hydrogens (tertiary/aromatic N) is 2. The zero-order valence-corrected chi connectivity index (χ0v) is 14.5. The first kappa shape index (κ1) is 17.2. The van der Waals surface area contributed by atoms with Crippen LogP contribution >= 0.6 is 0 Å². The SMILES string of the molecule is CC1CCC(O)(CN2CCC(N3CCCC3C(N)=O)CC2)CC1. The van der Waals surface area contributed by atoms with Gasteiger partial charge in [-0.15, -0.1) is 0 Å². The standard InChI is InChI=1S/C18H33N3O2/c1-14-4-8-18(23,9-5-14)13-20-11-6-15(7-12-20)21-10-2-3-16(21)17(19)22/h14-16,23H,2-13H2,1H3,(H2,19,22). The van der Waals surface area contributed by atoms with E-state index < -0.39 is 5.60 Å². The Balaban J connectivity index is 1.48. The van der Waals surface area contributed by atoms with E-state index in [0.717, 1.165) is 83.5 Å². The van der Waals surface area contributed by atoms with E-state index in [-0.39, 0.29) is 11.9 Å². The van der Waals surface area contributed by atoms with Gasteiger partial charge in [-0.25, -0.2) is 0 Å². The van der Waals surface area contributed by atoms with Crippen LogP contribution in [0.5, 0.6) is 0 Å². The van der Waals surface area contributed by atoms with Crippen LogP contribution in [0, 0.1) is 5.92 Å². The minimum atomic E-state index is -0.469. The number of hydrogen-bond acceptors (Lipinski definition) is 4. The van der Waals surface area contributed by atoms with Gasteiger partial charge in [-0.1, -0.05) is 6.92 Å². The number of nitrogens with two attached hydrogens (primary N) is 1. The highest BCUT2D eigenvalue weighted by Gasteiger charge is 2.38. The summed E-state index contributed by atoms with van der Waals surface area (Å²) < 4.78 is 0. The Labute approximate surface area is 140 Å². The summed E-state index contributed by atoms with van der Waals surface area (Å²) in [6, 6.07) is 0.447. The van der Waals surface area contributed by atoms with Crippen LogP contribution in [0.15, 0.2) is 0 Å². The molecule has 0 bridgehead atoms. The summed E-state index contributed by atoms with van der Waals surface area (Å²) in [6.07, 6.45) is 8.40. The van der Waals surface area contributed by atoms with Crippen molar-refractivity contribution in [3.63, 3.8) is 0 Å². The summed E-state index contributed by atoms with van der Waals surface area (Å²) in [6.45, 7) is 6.19. The van der Waals surface area contributed by atoms with Crippen molar-refractivity contribution in [1.29, 1.82) is 0 Å². The fraction of sp³-hybridized carbons (Fsp3) is 0.944. The number of primary amides is 1. The number of hydrogen-bond donors (Lipinski definition) is 2. The number of β-amino-alcohol motifs (C(OH)–C–C–N with tert-alkyl or cyclic N) is 1. The summed E-state index contributed by atoms with van der Waals surface area (Å²) in [7, 11) is 0. The highest BCUT2D eigenvalue weighted by atomic mass is 16.3. The molecule has 0 aromatic carbocycles. The molecule has 5 heteroatoms. The molecule has 3 aliphatic rings. The molecule has 132 valence electrons. The Morgan fingerprint density at radius 1 is 1.13 bits per heavy atom. The van der Waals surface area contributed by atoms with E-state index in [2.05, 4.69) is 16.7 Å². The average Bonchev–Trinajstić information content (AvgIpc) is 3.01. The first-order valence-electron chi connectivity index (χ1n) is 9.47. The van der Waals surface area contributed by atoms with Crippen molar-refractivity contribution in [3.05, 3.63) is 0 Å². The molecule has 0 spiro atoms. The lowest BCUT2D eigenvalue weighted by Gasteiger charge is -2.43. The van der Waals surface area contributed by atoms with Gasteiger partial charge in [0.25, 0.3) is 0 Å². The van der Waals surface area contributed by atoms with E-state index in [9.17, 15) is 9.90 Å². The lowest BCUT2D eigenvalue weighted by atomic mass is 9.79. The van der Waals surface area contributed by atoms with E-state index in [1.807, 2.05) is 0 Å². The Hall–Kier alpha value is -0.650. The predicted molar refractivity (Wildman–Crippen MR) is 91.0 cm³/mol. The quantitative estimate of drug-likeness (QED) is 0.819. The fourth-order valence-electron chi connectivity index (χ4n) is 4.81. The molecule has 5 nitrogen and oxygen atoms in total. The van der Waals surface area contributed by atoms with E-state index >= 15 is 0 Å². The first-order chi connectivity index (χ1) is 11.0. The molecular weight excluding hydrogens is 290 g/mol. The van der Waals surface area contributed by atoms with Crippen LogP contribution in [0.25, 0.3) is 0 Å². The number of carbonyl (C=O) groups is 1. The van der Waals surface area contributed by atoms with Crippen molar-refractivity contribution in [1.82, 2.24) is 9.80 Å². The number of amides is 1. The van der Waals surface area contributed by atoms with Crippen LogP contribution in [0.1, 0.15) is 58.3 Å². The van der Waals surface area contributed by atoms with E-state index in [4.69, 9.17) is 5.73 Å². The molecule has 2 aliphatic heterocycles. The second-order valence-electron chi connectivity index (χ2n) is 8.21. The number of rotatable bonds is 4. The molecule has 1 amide bonds. The molecule has 0 radical (unpaired) electrons. The van der Waals surface area contributed by atoms with Gasteiger partial charge < -0.3 is 15.7 Å². The van der Waals surface area contributed by atoms with Gasteiger partial charge in [0, 0.05) is 12.6 Å².